The number of hydrogen-bond acceptors (Lipinski definition) is 4. The van der Waals surface area contributed by atoms with Crippen molar-refractivity contribution < 1.29 is 19.0 Å². The molecule has 0 bridgehead atoms. The molecule has 0 radical (unpaired) electrons. The normalized spacial score (nSPS) is 10.2. The summed E-state index contributed by atoms with van der Waals surface area (Å²) < 4.78 is 16.7. The topological polar surface area (TPSA) is 44.8 Å². The van der Waals surface area contributed by atoms with Gasteiger partial charge in [0.05, 0.1) is 6.61 Å². The Balaban J connectivity index is 1.39. The zero-order valence-electron chi connectivity index (χ0n) is 15.0. The zero-order valence-corrected chi connectivity index (χ0v) is 15.0. The Morgan fingerprint density at radius 2 is 1.41 bits per heavy atom. The Morgan fingerprint density at radius 3 is 2.15 bits per heavy atom. The van der Waals surface area contributed by atoms with Gasteiger partial charge in [-0.05, 0) is 48.4 Å². The quantitative estimate of drug-likeness (QED) is 0.379. The van der Waals surface area contributed by atoms with Gasteiger partial charge in [0, 0.05) is 6.42 Å². The van der Waals surface area contributed by atoms with Crippen LogP contribution in [0.4, 0.5) is 0 Å². The van der Waals surface area contributed by atoms with Crippen molar-refractivity contribution in [2.45, 2.75) is 19.4 Å². The molecule has 138 valence electrons. The van der Waals surface area contributed by atoms with Crippen LogP contribution in [0.2, 0.25) is 0 Å². The van der Waals surface area contributed by atoms with Crippen LogP contribution in [0.15, 0.2) is 84.9 Å². The Morgan fingerprint density at radius 1 is 0.741 bits per heavy atom. The molecule has 3 rings (SSSR count). The number of para-hydroxylation sites is 2. The Hall–Kier alpha value is -3.27. The lowest BCUT2D eigenvalue weighted by molar-refractivity contribution is -0.145. The molecule has 0 amide bonds. The van der Waals surface area contributed by atoms with Crippen LogP contribution in [-0.4, -0.2) is 12.6 Å². The van der Waals surface area contributed by atoms with Gasteiger partial charge in [0.15, 0.2) is 0 Å². The Labute approximate surface area is 159 Å². The van der Waals surface area contributed by atoms with Crippen molar-refractivity contribution in [3.63, 3.8) is 0 Å². The van der Waals surface area contributed by atoms with Gasteiger partial charge < -0.3 is 14.2 Å². The second-order valence-electron chi connectivity index (χ2n) is 5.99. The van der Waals surface area contributed by atoms with Gasteiger partial charge in [-0.3, -0.25) is 4.79 Å². The van der Waals surface area contributed by atoms with Crippen molar-refractivity contribution in [1.82, 2.24) is 0 Å². The predicted molar refractivity (Wildman–Crippen MR) is 104 cm³/mol. The minimum absolute atomic E-state index is 0.227. The number of hydrogen-bond donors (Lipinski definition) is 0. The fourth-order valence-corrected chi connectivity index (χ4v) is 2.48. The molecular formula is C23H22O4. The summed E-state index contributed by atoms with van der Waals surface area (Å²) in [6.07, 6.45) is 0.942. The summed E-state index contributed by atoms with van der Waals surface area (Å²) in [5, 5.41) is 0. The van der Waals surface area contributed by atoms with E-state index in [1.54, 1.807) is 0 Å². The van der Waals surface area contributed by atoms with Gasteiger partial charge in [0.25, 0.3) is 0 Å². The van der Waals surface area contributed by atoms with Crippen molar-refractivity contribution >= 4 is 5.97 Å². The van der Waals surface area contributed by atoms with E-state index < -0.39 is 0 Å². The zero-order chi connectivity index (χ0) is 18.7. The highest BCUT2D eigenvalue weighted by Crippen LogP contribution is 2.22. The highest BCUT2D eigenvalue weighted by atomic mass is 16.5. The number of carbonyl (C=O) groups is 1. The molecule has 0 fully saturated rings. The summed E-state index contributed by atoms with van der Waals surface area (Å²) in [6, 6.07) is 26.7. The van der Waals surface area contributed by atoms with Gasteiger partial charge >= 0.3 is 5.97 Å². The first-order chi connectivity index (χ1) is 13.3. The number of benzene rings is 3. The lowest BCUT2D eigenvalue weighted by Crippen LogP contribution is -2.07. The third kappa shape index (κ3) is 6.51. The molecule has 0 atom stereocenters. The highest BCUT2D eigenvalue weighted by molar-refractivity contribution is 5.69. The van der Waals surface area contributed by atoms with Crippen molar-refractivity contribution in [2.24, 2.45) is 0 Å². The smallest absolute Gasteiger partial charge is 0.306 e. The minimum atomic E-state index is -0.235. The fraction of sp³-hybridized carbons (Fsp3) is 0.174. The number of esters is 1. The van der Waals surface area contributed by atoms with Gasteiger partial charge in [0.2, 0.25) is 0 Å². The van der Waals surface area contributed by atoms with E-state index in [-0.39, 0.29) is 12.6 Å². The van der Waals surface area contributed by atoms with Gasteiger partial charge in [0.1, 0.15) is 23.9 Å². The average Bonchev–Trinajstić information content (AvgIpc) is 2.71. The Bertz CT molecular complexity index is 831. The summed E-state index contributed by atoms with van der Waals surface area (Å²) in [5.74, 6) is 2.05. The number of carbonyl (C=O) groups excluding carboxylic acids is 1. The van der Waals surface area contributed by atoms with Crippen molar-refractivity contribution in [1.29, 1.82) is 0 Å². The van der Waals surface area contributed by atoms with Gasteiger partial charge in [-0.25, -0.2) is 0 Å². The van der Waals surface area contributed by atoms with E-state index in [1.807, 2.05) is 84.9 Å². The van der Waals surface area contributed by atoms with E-state index in [0.29, 0.717) is 25.2 Å². The lowest BCUT2D eigenvalue weighted by Gasteiger charge is -2.09. The average molecular weight is 362 g/mol. The standard InChI is InChI=1S/C23H22O4/c24-23(15-8-16-25-20-10-3-1-4-11-20)26-18-19-9-7-14-22(17-19)27-21-12-5-2-6-13-21/h1-7,9-14,17H,8,15-16,18H2. The van der Waals surface area contributed by atoms with Crippen molar-refractivity contribution in [2.75, 3.05) is 6.61 Å². The summed E-state index contributed by atoms with van der Waals surface area (Å²) in [5.41, 5.74) is 0.886. The maximum Gasteiger partial charge on any atom is 0.306 e. The van der Waals surface area contributed by atoms with E-state index in [2.05, 4.69) is 0 Å². The largest absolute Gasteiger partial charge is 0.494 e. The summed E-state index contributed by atoms with van der Waals surface area (Å²) in [4.78, 5) is 11.9. The summed E-state index contributed by atoms with van der Waals surface area (Å²) in [6.45, 7) is 0.712. The van der Waals surface area contributed by atoms with Crippen LogP contribution in [0.3, 0.4) is 0 Å². The second-order valence-corrected chi connectivity index (χ2v) is 5.99. The summed E-state index contributed by atoms with van der Waals surface area (Å²) in [7, 11) is 0. The molecule has 0 N–H and O–H groups in total. The Kier molecular flexibility index (Phi) is 6.87. The van der Waals surface area contributed by atoms with Crippen LogP contribution in [0.5, 0.6) is 17.2 Å². The van der Waals surface area contributed by atoms with Crippen LogP contribution in [0.1, 0.15) is 18.4 Å². The minimum Gasteiger partial charge on any atom is -0.494 e. The molecule has 0 aliphatic heterocycles. The fourth-order valence-electron chi connectivity index (χ4n) is 2.48. The molecule has 0 unspecified atom stereocenters. The van der Waals surface area contributed by atoms with Crippen LogP contribution in [0.25, 0.3) is 0 Å². The van der Waals surface area contributed by atoms with E-state index in [4.69, 9.17) is 14.2 Å². The van der Waals surface area contributed by atoms with Crippen LogP contribution in [-0.2, 0) is 16.1 Å². The molecule has 0 aromatic heterocycles. The van der Waals surface area contributed by atoms with E-state index in [0.717, 1.165) is 17.1 Å². The second kappa shape index (κ2) is 10.0. The molecule has 0 saturated carbocycles. The molecule has 0 spiro atoms. The summed E-state index contributed by atoms with van der Waals surface area (Å²) >= 11 is 0. The first kappa shape index (κ1) is 18.5. The van der Waals surface area contributed by atoms with E-state index in [9.17, 15) is 4.79 Å². The predicted octanol–water partition coefficient (Wildman–Crippen LogP) is 5.38. The van der Waals surface area contributed by atoms with Gasteiger partial charge in [-0.2, -0.15) is 0 Å². The molecule has 0 aliphatic carbocycles. The molecule has 0 saturated heterocycles. The first-order valence-corrected chi connectivity index (χ1v) is 8.95. The van der Waals surface area contributed by atoms with Gasteiger partial charge in [-0.15, -0.1) is 0 Å². The molecule has 0 heterocycles. The molecular weight excluding hydrogens is 340 g/mol. The lowest BCUT2D eigenvalue weighted by atomic mass is 10.2. The molecule has 27 heavy (non-hydrogen) atoms. The van der Waals surface area contributed by atoms with Crippen LogP contribution < -0.4 is 9.47 Å². The third-order valence-corrected chi connectivity index (χ3v) is 3.81. The molecule has 3 aromatic carbocycles. The number of rotatable bonds is 9. The van der Waals surface area contributed by atoms with Gasteiger partial charge in [-0.1, -0.05) is 48.5 Å². The molecule has 4 nitrogen and oxygen atoms in total. The van der Waals surface area contributed by atoms with E-state index >= 15 is 0 Å². The molecule has 0 aliphatic rings. The first-order valence-electron chi connectivity index (χ1n) is 8.95. The maximum absolute atomic E-state index is 11.9. The SMILES string of the molecule is O=C(CCCOc1ccccc1)OCc1cccc(Oc2ccccc2)c1. The number of ether oxygens (including phenoxy) is 3. The van der Waals surface area contributed by atoms with E-state index in [1.165, 1.54) is 0 Å². The maximum atomic E-state index is 11.9. The van der Waals surface area contributed by atoms with Crippen molar-refractivity contribution in [3.8, 4) is 17.2 Å². The van der Waals surface area contributed by atoms with Crippen molar-refractivity contribution in [3.05, 3.63) is 90.5 Å². The highest BCUT2D eigenvalue weighted by Gasteiger charge is 2.05. The molecule has 3 aromatic rings. The molecule has 4 heteroatoms. The van der Waals surface area contributed by atoms with Crippen LogP contribution >= 0.6 is 0 Å². The van der Waals surface area contributed by atoms with Crippen LogP contribution in [0, 0.1) is 0 Å². The monoisotopic (exact) mass is 362 g/mol. The third-order valence-electron chi connectivity index (χ3n) is 3.81.